The number of amides is 1. The van der Waals surface area contributed by atoms with Crippen LogP contribution < -0.4 is 44.8 Å². The number of aliphatic hydroxyl groups excluding tert-OH is 1. The van der Waals surface area contributed by atoms with E-state index in [2.05, 4.69) is 24.3 Å². The number of ether oxygens (including phenoxy) is 18. The van der Waals surface area contributed by atoms with Crippen molar-refractivity contribution in [2.75, 3.05) is 80.6 Å². The van der Waals surface area contributed by atoms with Crippen molar-refractivity contribution >= 4 is 90.8 Å². The molecule has 7 rings (SSSR count). The van der Waals surface area contributed by atoms with Gasteiger partial charge >= 0.3 is 95.5 Å². The molecule has 4 aromatic rings. The average molecular weight is 2180 g/mol. The fourth-order valence-electron chi connectivity index (χ4n) is 12.4. The number of esters is 2. The molecule has 57 nitrogen and oxygen atoms in total. The van der Waals surface area contributed by atoms with Gasteiger partial charge in [-0.3, -0.25) is 61.4 Å². The summed E-state index contributed by atoms with van der Waals surface area (Å²) in [5.74, 6) is -3.52. The lowest BCUT2D eigenvalue weighted by atomic mass is 9.88. The van der Waals surface area contributed by atoms with Crippen molar-refractivity contribution in [2.45, 2.75) is 257 Å². The van der Waals surface area contributed by atoms with E-state index in [0.29, 0.717) is 19.3 Å². The van der Waals surface area contributed by atoms with Crippen molar-refractivity contribution in [2.24, 2.45) is 17.6 Å². The molecule has 0 saturated carbocycles. The molecule has 1 amide bonds. The Kier molecular flexibility index (Phi) is 49.2. The number of nitrogens with two attached hydrogens (primary N) is 1. The van der Waals surface area contributed by atoms with Crippen molar-refractivity contribution < 1.29 is 216 Å². The van der Waals surface area contributed by atoms with Gasteiger partial charge in [0.15, 0.2) is 47.7 Å². The molecule has 10 N–H and O–H groups in total. The number of phosphoric ester groups is 3. The van der Waals surface area contributed by atoms with Crippen LogP contribution in [0.1, 0.15) is 156 Å². The molecule has 2 unspecified atom stereocenters. The van der Waals surface area contributed by atoms with E-state index in [1.807, 2.05) is 15.0 Å². The Morgan fingerprint density at radius 1 is 0.407 bits per heavy atom. The van der Waals surface area contributed by atoms with Crippen LogP contribution in [0.5, 0.6) is 0 Å². The summed E-state index contributed by atoms with van der Waals surface area (Å²) >= 11 is 0. The summed E-state index contributed by atoms with van der Waals surface area (Å²) in [6.45, 7) is 12.2. The lowest BCUT2D eigenvalue weighted by Crippen LogP contribution is -2.57. The number of aromatic nitrogens is 6. The number of aromatic amines is 3. The highest BCUT2D eigenvalue weighted by atomic mass is 35.5. The van der Waals surface area contributed by atoms with Gasteiger partial charge < -0.3 is 117 Å². The van der Waals surface area contributed by atoms with Crippen molar-refractivity contribution in [3.63, 3.8) is 0 Å². The van der Waals surface area contributed by atoms with Gasteiger partial charge in [-0.25, -0.2) is 107 Å². The summed E-state index contributed by atoms with van der Waals surface area (Å²) < 4.78 is 223. The fraction of sp³-hybridized carbons (Fsp3) is 0.667. The van der Waals surface area contributed by atoms with Crippen LogP contribution in [0.25, 0.3) is 0 Å². The van der Waals surface area contributed by atoms with E-state index < -0.39 is 324 Å². The van der Waals surface area contributed by atoms with Crippen LogP contribution in [-0.4, -0.2) is 285 Å². The Balaban J connectivity index is 0.000000459. The highest BCUT2D eigenvalue weighted by Crippen LogP contribution is 2.57. The summed E-state index contributed by atoms with van der Waals surface area (Å²) in [5.41, 5.74) is -14.2. The topological polar surface area (TPSA) is 738 Å². The van der Waals surface area contributed by atoms with Gasteiger partial charge in [0.05, 0.1) is 56.4 Å². The summed E-state index contributed by atoms with van der Waals surface area (Å²) in [4.78, 5) is 188. The van der Waals surface area contributed by atoms with Crippen LogP contribution in [0.15, 0.2) is 95.9 Å². The second kappa shape index (κ2) is 56.4. The molecule has 3 aliphatic rings. The standard InChI is InChI=1S/C34H47FN3O18P.C26H41FN3O16P.C21H32FN2O15P.ClH/c1-20(2)25(37-30(42)47-15-23-11-9-8-10-12-23)26(40)55-27-33(7,45)28(38-14-13-24(39)36-29(38)41)56-34(27,16-35)17-50-57(46,51-18-48-31(43)53-21(3)4)52-19-49-32(44)54-22(5)6;1-14(2)18(28)19(32)45-20-25(7,36)21(30-9-8-17(31)29-22(30)33)46-26(20,10-27)11-40-47(37,41-12-38-23(34)43-15(3)4)42-13-39-24(35)44-16(5)6;1-12(2)37-18(28)32-10-35-40(31,36-11-33-19(29)38-13(3)4)34-9-21(8-22)15(26)20(5,30)16(39-21)24-7-6-14(25)23-17(24)27;/h8-14,20-22,25,27-28,45H,15-19H2,1-7H3,(H,37,42)(H,36,39,41);8-9,14-16,18,20-21,36H,10-13,28H2,1-7H3,(H,29,31,33);6-7,12-13,15-16,26,30H,8-11H2,1-5H3,(H,23,25,27);1H/t25?,27-,28+,33+,34+;18?,20-,21+,25+,26+;15-,16+,20+,21+;/m000./s1. The second-order valence-corrected chi connectivity index (χ2v) is 39.0. The first-order valence-corrected chi connectivity index (χ1v) is 47.7. The fourth-order valence-corrected chi connectivity index (χ4v) is 15.3. The highest BCUT2D eigenvalue weighted by molar-refractivity contribution is 7.49. The minimum absolute atomic E-state index is 0. The third-order valence-electron chi connectivity index (χ3n) is 19.2. The van der Waals surface area contributed by atoms with Gasteiger partial charge in [0.25, 0.3) is 16.7 Å². The van der Waals surface area contributed by atoms with E-state index in [1.54, 1.807) is 44.2 Å². The van der Waals surface area contributed by atoms with Crippen molar-refractivity contribution in [3.8, 4) is 0 Å². The Morgan fingerprint density at radius 3 is 0.938 bits per heavy atom. The van der Waals surface area contributed by atoms with Crippen LogP contribution in [0.3, 0.4) is 0 Å². The number of benzene rings is 1. The molecule has 0 spiro atoms. The molecular formula is C81H121ClF3N8O49P3. The predicted octanol–water partition coefficient (Wildman–Crippen LogP) is 6.70. The number of aliphatic hydroxyl groups is 4. The SMILES string of the molecule is CC(C)OC(=O)OCOP(=O)(OCOC(=O)OC(C)C)OC[C@@]1(CF)O[C@@H](n2ccc(=O)[nH]c2=O)[C@](C)(O)[C@@H]1O.CC(C)OC(=O)OCOP(=O)(OCOC(=O)OC(C)C)OC[C@@]1(CF)O[C@@H](n2ccc(=O)[nH]c2=O)[C@](C)(O)[C@@H]1OC(=O)C(N)C(C)C.CC(C)OC(=O)OCOP(=O)(OCOC(=O)OC(C)C)OC[C@@]1(CF)O[C@@H](n2ccc(=O)[nH]c2=O)[C@](C)(O)[C@@H]1OC(=O)C(NC(=O)OCc1ccccc1)C(C)C.Cl. The van der Waals surface area contributed by atoms with Crippen LogP contribution in [-0.2, 0) is 156 Å². The summed E-state index contributed by atoms with van der Waals surface area (Å²) in [6.07, 6.45) is -21.1. The number of hydrogen-bond acceptors (Lipinski definition) is 50. The van der Waals surface area contributed by atoms with Gasteiger partial charge in [-0.05, 0) is 121 Å². The molecule has 6 heterocycles. The van der Waals surface area contributed by atoms with Gasteiger partial charge in [-0.1, -0.05) is 58.0 Å². The maximum absolute atomic E-state index is 15.5. The number of carbonyl (C=O) groups excluding carboxylic acids is 9. The first-order chi connectivity index (χ1) is 67.0. The number of nitrogens with one attached hydrogen (secondary N) is 4. The number of nitrogens with zero attached hydrogens (tertiary/aromatic N) is 3. The molecular weight excluding hydrogens is 2050 g/mol. The molecule has 3 fully saturated rings. The predicted molar refractivity (Wildman–Crippen MR) is 479 cm³/mol. The van der Waals surface area contributed by atoms with E-state index in [1.165, 1.54) is 96.9 Å². The van der Waals surface area contributed by atoms with E-state index in [-0.39, 0.29) is 19.0 Å². The van der Waals surface area contributed by atoms with Gasteiger partial charge in [-0.2, -0.15) is 0 Å². The van der Waals surface area contributed by atoms with Crippen LogP contribution >= 0.6 is 35.9 Å². The number of H-pyrrole nitrogens is 3. The summed E-state index contributed by atoms with van der Waals surface area (Å²) in [6, 6.07) is 8.57. The third kappa shape index (κ3) is 37.8. The molecule has 14 atom stereocenters. The molecule has 0 aliphatic carbocycles. The molecule has 0 bridgehead atoms. The second-order valence-electron chi connectivity index (χ2n) is 34.0. The Hall–Kier alpha value is -10.8. The average Bonchev–Trinajstić information content (AvgIpc) is 1.57. The first kappa shape index (κ1) is 126. The van der Waals surface area contributed by atoms with Crippen LogP contribution in [0.2, 0.25) is 0 Å². The minimum Gasteiger partial charge on any atom is -0.455 e. The maximum Gasteiger partial charge on any atom is 0.510 e. The number of phosphoric acid groups is 3. The zero-order valence-electron chi connectivity index (χ0n) is 81.7. The van der Waals surface area contributed by atoms with Crippen molar-refractivity contribution in [1.82, 2.24) is 34.0 Å². The zero-order chi connectivity index (χ0) is 109. The maximum atomic E-state index is 15.5. The molecule has 1 aromatic carbocycles. The highest BCUT2D eigenvalue weighted by Gasteiger charge is 2.68. The monoisotopic (exact) mass is 2170 g/mol. The summed E-state index contributed by atoms with van der Waals surface area (Å²) in [5, 5.41) is 47.5. The van der Waals surface area contributed by atoms with Crippen LogP contribution in [0, 0.1) is 11.8 Å². The molecule has 3 aromatic heterocycles. The van der Waals surface area contributed by atoms with Crippen LogP contribution in [0.4, 0.5) is 46.7 Å². The Labute approximate surface area is 828 Å². The molecule has 3 aliphatic heterocycles. The van der Waals surface area contributed by atoms with Crippen molar-refractivity contribution in [1.29, 1.82) is 0 Å². The third-order valence-corrected chi connectivity index (χ3v) is 23.0. The normalized spacial score (nSPS) is 22.8. The van der Waals surface area contributed by atoms with E-state index in [9.17, 15) is 110 Å². The van der Waals surface area contributed by atoms with Gasteiger partial charge in [0.2, 0.25) is 40.8 Å². The zero-order valence-corrected chi connectivity index (χ0v) is 85.2. The quantitative estimate of drug-likeness (QED) is 0.00960. The minimum atomic E-state index is -5.13. The lowest BCUT2D eigenvalue weighted by molar-refractivity contribution is -0.179. The van der Waals surface area contributed by atoms with E-state index >= 15 is 8.78 Å². The molecule has 0 radical (unpaired) electrons. The summed E-state index contributed by atoms with van der Waals surface area (Å²) in [7, 11) is -15.1. The number of rotatable bonds is 48. The molecule has 145 heavy (non-hydrogen) atoms. The smallest absolute Gasteiger partial charge is 0.455 e. The van der Waals surface area contributed by atoms with E-state index in [0.717, 1.165) is 57.6 Å². The molecule has 822 valence electrons. The lowest BCUT2D eigenvalue weighted by Gasteiger charge is -2.36. The number of alkyl carbamates (subject to hydrolysis) is 1. The first-order valence-electron chi connectivity index (χ1n) is 43.3. The number of hydrogen-bond donors (Lipinski definition) is 9. The van der Waals surface area contributed by atoms with Gasteiger partial charge in [-0.15, -0.1) is 12.4 Å². The molecule has 64 heteroatoms. The Morgan fingerprint density at radius 2 is 0.676 bits per heavy atom. The number of alkyl halides is 3. The molecule has 3 saturated heterocycles. The van der Waals surface area contributed by atoms with E-state index in [4.69, 9.17) is 113 Å². The number of halogens is 4. The number of carbonyl (C=O) groups is 9. The van der Waals surface area contributed by atoms with Gasteiger partial charge in [0, 0.05) is 36.8 Å². The largest absolute Gasteiger partial charge is 0.510 e. The van der Waals surface area contributed by atoms with Gasteiger partial charge in [0.1, 0.15) is 61.6 Å². The Bertz CT molecular complexity index is 5360. The van der Waals surface area contributed by atoms with Crippen molar-refractivity contribution in [3.05, 3.63) is 135 Å².